The Morgan fingerprint density at radius 2 is 2.10 bits per heavy atom. The summed E-state index contributed by atoms with van der Waals surface area (Å²) in [7, 11) is 0.455. The first kappa shape index (κ1) is 8.47. The molecule has 0 N–H and O–H groups in total. The Labute approximate surface area is 69.3 Å². The van der Waals surface area contributed by atoms with Crippen LogP contribution in [-0.2, 0) is 15.7 Å². The molecule has 0 saturated carbocycles. The number of carbonyl (C=O) groups excluding carboxylic acids is 1. The Balaban J connectivity index is 2.19. The van der Waals surface area contributed by atoms with E-state index in [1.807, 2.05) is 11.8 Å². The maximum atomic E-state index is 10.7. The molecule has 0 atom stereocenters. The minimum absolute atomic E-state index is 0.371. The average Bonchev–Trinajstić information content (AvgIpc) is 1.88. The third-order valence-electron chi connectivity index (χ3n) is 1.44. The highest BCUT2D eigenvalue weighted by Gasteiger charge is 2.23. The zero-order chi connectivity index (χ0) is 7.40. The van der Waals surface area contributed by atoms with E-state index in [0.717, 1.165) is 5.75 Å². The molecule has 1 rings (SSSR count). The van der Waals surface area contributed by atoms with Crippen molar-refractivity contribution in [2.45, 2.75) is 6.92 Å². The molecule has 1 heterocycles. The SMILES string of the molecule is CC(=O)C[S+]1CCSCC1. The van der Waals surface area contributed by atoms with E-state index in [4.69, 9.17) is 0 Å². The molecule has 0 spiro atoms. The normalized spacial score (nSPS) is 20.9. The van der Waals surface area contributed by atoms with Gasteiger partial charge in [0.25, 0.3) is 0 Å². The summed E-state index contributed by atoms with van der Waals surface area (Å²) in [4.78, 5) is 10.7. The Morgan fingerprint density at radius 3 is 2.60 bits per heavy atom. The predicted octanol–water partition coefficient (Wildman–Crippen LogP) is 0.941. The third kappa shape index (κ3) is 2.97. The van der Waals surface area contributed by atoms with Crippen molar-refractivity contribution in [3.05, 3.63) is 0 Å². The van der Waals surface area contributed by atoms with Gasteiger partial charge in [0.15, 0.2) is 11.5 Å². The van der Waals surface area contributed by atoms with Gasteiger partial charge in [0.05, 0.1) is 0 Å². The van der Waals surface area contributed by atoms with Gasteiger partial charge in [0, 0.05) is 11.5 Å². The summed E-state index contributed by atoms with van der Waals surface area (Å²) in [5.74, 6) is 6.33. The van der Waals surface area contributed by atoms with Crippen LogP contribution in [0.1, 0.15) is 6.92 Å². The molecule has 3 heteroatoms. The van der Waals surface area contributed by atoms with Crippen LogP contribution in [0.4, 0.5) is 0 Å². The van der Waals surface area contributed by atoms with Crippen LogP contribution in [-0.4, -0.2) is 34.5 Å². The Hall–Kier alpha value is 0.370. The highest BCUT2D eigenvalue weighted by atomic mass is 32.2. The zero-order valence-electron chi connectivity index (χ0n) is 6.26. The van der Waals surface area contributed by atoms with E-state index < -0.39 is 0 Å². The van der Waals surface area contributed by atoms with Crippen molar-refractivity contribution in [1.29, 1.82) is 0 Å². The lowest BCUT2D eigenvalue weighted by Crippen LogP contribution is -2.26. The summed E-state index contributed by atoms with van der Waals surface area (Å²) < 4.78 is 0. The third-order valence-corrected chi connectivity index (χ3v) is 5.32. The Bertz CT molecular complexity index is 119. The number of hydrogen-bond acceptors (Lipinski definition) is 2. The Morgan fingerprint density at radius 1 is 1.50 bits per heavy atom. The maximum Gasteiger partial charge on any atom is 0.178 e. The molecule has 0 unspecified atom stereocenters. The average molecular weight is 177 g/mol. The summed E-state index contributed by atoms with van der Waals surface area (Å²) in [6, 6.07) is 0. The highest BCUT2D eigenvalue weighted by Crippen LogP contribution is 2.13. The van der Waals surface area contributed by atoms with Gasteiger partial charge in [-0.3, -0.25) is 4.79 Å². The lowest BCUT2D eigenvalue weighted by atomic mass is 10.5. The van der Waals surface area contributed by atoms with Gasteiger partial charge in [0.1, 0.15) is 11.5 Å². The van der Waals surface area contributed by atoms with Crippen LogP contribution in [0, 0.1) is 0 Å². The lowest BCUT2D eigenvalue weighted by molar-refractivity contribution is -0.114. The molecule has 0 amide bonds. The van der Waals surface area contributed by atoms with E-state index in [1.165, 1.54) is 23.0 Å². The number of thioether (sulfide) groups is 1. The van der Waals surface area contributed by atoms with Gasteiger partial charge in [-0.15, -0.1) is 0 Å². The smallest absolute Gasteiger partial charge is 0.178 e. The van der Waals surface area contributed by atoms with Crippen molar-refractivity contribution in [3.63, 3.8) is 0 Å². The van der Waals surface area contributed by atoms with Gasteiger partial charge >= 0.3 is 0 Å². The van der Waals surface area contributed by atoms with E-state index >= 15 is 0 Å². The second kappa shape index (κ2) is 4.29. The van der Waals surface area contributed by atoms with Crippen molar-refractivity contribution in [2.24, 2.45) is 0 Å². The molecule has 58 valence electrons. The first-order valence-electron chi connectivity index (χ1n) is 3.50. The van der Waals surface area contributed by atoms with Gasteiger partial charge in [-0.2, -0.15) is 11.8 Å². The van der Waals surface area contributed by atoms with Gasteiger partial charge in [0.2, 0.25) is 0 Å². The van der Waals surface area contributed by atoms with Crippen LogP contribution in [0.3, 0.4) is 0 Å². The lowest BCUT2D eigenvalue weighted by Gasteiger charge is -2.11. The molecule has 10 heavy (non-hydrogen) atoms. The molecule has 1 fully saturated rings. The molecule has 1 saturated heterocycles. The summed E-state index contributed by atoms with van der Waals surface area (Å²) in [6.07, 6.45) is 0. The van der Waals surface area contributed by atoms with Gasteiger partial charge < -0.3 is 0 Å². The number of rotatable bonds is 2. The van der Waals surface area contributed by atoms with Crippen molar-refractivity contribution in [1.82, 2.24) is 0 Å². The molecule has 0 aromatic carbocycles. The number of hydrogen-bond donors (Lipinski definition) is 0. The van der Waals surface area contributed by atoms with Crippen LogP contribution in [0.5, 0.6) is 0 Å². The fourth-order valence-electron chi connectivity index (χ4n) is 0.989. The highest BCUT2D eigenvalue weighted by molar-refractivity contribution is 8.05. The predicted molar refractivity (Wildman–Crippen MR) is 50.0 cm³/mol. The fraction of sp³-hybridized carbons (Fsp3) is 0.857. The molecule has 0 aromatic rings. The summed E-state index contributed by atoms with van der Waals surface area (Å²) >= 11 is 2.02. The van der Waals surface area contributed by atoms with Gasteiger partial charge in [-0.05, 0) is 17.8 Å². The standard InChI is InChI=1S/C7H13OS2/c1-7(8)6-10-4-2-9-3-5-10/h2-6H2,1H3/q+1. The molecule has 0 bridgehead atoms. The molecule has 0 aliphatic carbocycles. The maximum absolute atomic E-state index is 10.7. The van der Waals surface area contributed by atoms with E-state index in [-0.39, 0.29) is 0 Å². The van der Waals surface area contributed by atoms with Crippen LogP contribution < -0.4 is 0 Å². The molecular weight excluding hydrogens is 164 g/mol. The molecule has 1 aliphatic rings. The summed E-state index contributed by atoms with van der Waals surface area (Å²) in [5.41, 5.74) is 0. The second-order valence-electron chi connectivity index (χ2n) is 2.48. The van der Waals surface area contributed by atoms with E-state index in [9.17, 15) is 4.79 Å². The van der Waals surface area contributed by atoms with Crippen molar-refractivity contribution < 1.29 is 4.79 Å². The summed E-state index contributed by atoms with van der Waals surface area (Å²) in [6.45, 7) is 1.70. The molecule has 0 radical (unpaired) electrons. The van der Waals surface area contributed by atoms with E-state index in [2.05, 4.69) is 0 Å². The van der Waals surface area contributed by atoms with Crippen LogP contribution in [0.2, 0.25) is 0 Å². The first-order chi connectivity index (χ1) is 4.79. The van der Waals surface area contributed by atoms with Crippen LogP contribution >= 0.6 is 11.8 Å². The van der Waals surface area contributed by atoms with Gasteiger partial charge in [-0.25, -0.2) is 0 Å². The van der Waals surface area contributed by atoms with Crippen molar-refractivity contribution in [2.75, 3.05) is 28.8 Å². The monoisotopic (exact) mass is 177 g/mol. The fourth-order valence-corrected chi connectivity index (χ4v) is 5.09. The Kier molecular flexibility index (Phi) is 3.63. The largest absolute Gasteiger partial charge is 0.295 e. The first-order valence-corrected chi connectivity index (χ1v) is 6.39. The summed E-state index contributed by atoms with van der Waals surface area (Å²) in [5, 5.41) is 0. The molecule has 1 nitrogen and oxygen atoms in total. The molecule has 1 aliphatic heterocycles. The topological polar surface area (TPSA) is 17.1 Å². The van der Waals surface area contributed by atoms with Crippen LogP contribution in [0.25, 0.3) is 0 Å². The van der Waals surface area contributed by atoms with Gasteiger partial charge in [-0.1, -0.05) is 0 Å². The quantitative estimate of drug-likeness (QED) is 0.584. The zero-order valence-corrected chi connectivity index (χ0v) is 7.89. The number of ketones is 1. The van der Waals surface area contributed by atoms with E-state index in [0.29, 0.717) is 16.7 Å². The number of Topliss-reactive ketones (excluding diaryl/α,β-unsaturated/α-hetero) is 1. The van der Waals surface area contributed by atoms with Crippen molar-refractivity contribution in [3.8, 4) is 0 Å². The van der Waals surface area contributed by atoms with Crippen molar-refractivity contribution >= 4 is 28.4 Å². The molecular formula is C7H13OS2+. The second-order valence-corrected chi connectivity index (χ2v) is 6.03. The van der Waals surface area contributed by atoms with E-state index in [1.54, 1.807) is 6.92 Å². The minimum Gasteiger partial charge on any atom is -0.295 e. The van der Waals surface area contributed by atoms with Crippen LogP contribution in [0.15, 0.2) is 0 Å². The minimum atomic E-state index is 0.371. The number of carbonyl (C=O) groups is 1. The molecule has 0 aromatic heterocycles.